The van der Waals surface area contributed by atoms with Crippen molar-refractivity contribution >= 4 is 20.6 Å². The average Bonchev–Trinajstić information content (AvgIpc) is 1.88. The molecule has 52 valence electrons. The first-order valence-electron chi connectivity index (χ1n) is 2.96. The van der Waals surface area contributed by atoms with Gasteiger partial charge in [0.25, 0.3) is 0 Å². The molecule has 0 aliphatic heterocycles. The average molecular weight is 199 g/mol. The molecule has 0 aromatic heterocycles. The minimum atomic E-state index is -0.0625. The van der Waals surface area contributed by atoms with Gasteiger partial charge in [0, 0.05) is 5.56 Å². The Labute approximate surface area is 68.2 Å². The molecule has 1 aromatic carbocycles. The van der Waals surface area contributed by atoms with Gasteiger partial charge in [0.15, 0.2) is 0 Å². The van der Waals surface area contributed by atoms with Crippen LogP contribution in [0.15, 0.2) is 24.3 Å². The van der Waals surface area contributed by atoms with Gasteiger partial charge >= 0.3 is 0 Å². The monoisotopic (exact) mass is 198 g/mol. The zero-order chi connectivity index (χ0) is 7.56. The third kappa shape index (κ3) is 1.67. The number of benzene rings is 1. The highest BCUT2D eigenvalue weighted by atomic mass is 79.9. The van der Waals surface area contributed by atoms with Gasteiger partial charge < -0.3 is 0 Å². The van der Waals surface area contributed by atoms with Crippen LogP contribution in [-0.4, -0.2) is 4.69 Å². The molecular weight excluding hydrogens is 192 g/mol. The number of aryl methyl sites for hydroxylation is 1. The van der Waals surface area contributed by atoms with E-state index in [9.17, 15) is 4.79 Å². The van der Waals surface area contributed by atoms with E-state index in [1.165, 1.54) is 0 Å². The number of rotatable bonds is 1. The summed E-state index contributed by atoms with van der Waals surface area (Å²) >= 11 is 2.87. The first-order chi connectivity index (χ1) is 4.70. The maximum atomic E-state index is 10.7. The molecule has 0 heterocycles. The quantitative estimate of drug-likeness (QED) is 0.635. The largest absolute Gasteiger partial charge is 0.281 e. The molecule has 0 aliphatic rings. The van der Waals surface area contributed by atoms with E-state index in [1.54, 1.807) is 12.1 Å². The molecule has 0 radical (unpaired) electrons. The number of carbonyl (C=O) groups is 1. The fourth-order valence-corrected chi connectivity index (χ4v) is 0.949. The van der Waals surface area contributed by atoms with E-state index in [4.69, 9.17) is 0 Å². The van der Waals surface area contributed by atoms with Crippen LogP contribution in [0.5, 0.6) is 0 Å². The molecular formula is C8H7BrO. The zero-order valence-corrected chi connectivity index (χ0v) is 7.18. The van der Waals surface area contributed by atoms with Gasteiger partial charge in [0.05, 0.1) is 0 Å². The van der Waals surface area contributed by atoms with Crippen LogP contribution in [0.3, 0.4) is 0 Å². The SMILES string of the molecule is Cc1ccc(C(=O)Br)cc1. The highest BCUT2D eigenvalue weighted by Crippen LogP contribution is 2.06. The Kier molecular flexibility index (Phi) is 2.22. The van der Waals surface area contributed by atoms with E-state index >= 15 is 0 Å². The summed E-state index contributed by atoms with van der Waals surface area (Å²) in [6.45, 7) is 1.99. The van der Waals surface area contributed by atoms with E-state index in [2.05, 4.69) is 15.9 Å². The van der Waals surface area contributed by atoms with Gasteiger partial charge in [0.1, 0.15) is 0 Å². The molecule has 1 rings (SSSR count). The molecule has 0 fully saturated rings. The summed E-state index contributed by atoms with van der Waals surface area (Å²) in [6.07, 6.45) is 0. The Hall–Kier alpha value is -0.630. The molecule has 0 bridgehead atoms. The third-order valence-electron chi connectivity index (χ3n) is 1.28. The van der Waals surface area contributed by atoms with Gasteiger partial charge in [-0.2, -0.15) is 0 Å². The maximum absolute atomic E-state index is 10.7. The van der Waals surface area contributed by atoms with Crippen molar-refractivity contribution in [2.75, 3.05) is 0 Å². The summed E-state index contributed by atoms with van der Waals surface area (Å²) < 4.78 is -0.0625. The second-order valence-electron chi connectivity index (χ2n) is 2.14. The van der Waals surface area contributed by atoms with Crippen molar-refractivity contribution < 1.29 is 4.79 Å². The van der Waals surface area contributed by atoms with Crippen molar-refractivity contribution in [2.45, 2.75) is 6.92 Å². The van der Waals surface area contributed by atoms with Crippen LogP contribution in [0.4, 0.5) is 0 Å². The molecule has 2 heteroatoms. The third-order valence-corrected chi connectivity index (χ3v) is 1.74. The lowest BCUT2D eigenvalue weighted by atomic mass is 10.2. The van der Waals surface area contributed by atoms with E-state index in [-0.39, 0.29) is 4.69 Å². The van der Waals surface area contributed by atoms with E-state index in [0.29, 0.717) is 5.56 Å². The van der Waals surface area contributed by atoms with Crippen molar-refractivity contribution in [2.24, 2.45) is 0 Å². The Morgan fingerprint density at radius 2 is 1.80 bits per heavy atom. The van der Waals surface area contributed by atoms with Gasteiger partial charge in [-0.25, -0.2) is 0 Å². The van der Waals surface area contributed by atoms with Crippen LogP contribution in [0, 0.1) is 6.92 Å². The highest BCUT2D eigenvalue weighted by molar-refractivity contribution is 9.18. The molecule has 0 spiro atoms. The van der Waals surface area contributed by atoms with Crippen LogP contribution in [0.25, 0.3) is 0 Å². The van der Waals surface area contributed by atoms with Gasteiger partial charge in [-0.05, 0) is 22.9 Å². The van der Waals surface area contributed by atoms with Crippen LogP contribution in [-0.2, 0) is 0 Å². The Balaban J connectivity index is 3.00. The molecule has 0 aliphatic carbocycles. The van der Waals surface area contributed by atoms with Crippen LogP contribution in [0.2, 0.25) is 0 Å². The lowest BCUT2D eigenvalue weighted by molar-refractivity contribution is 0.109. The van der Waals surface area contributed by atoms with Crippen molar-refractivity contribution in [3.63, 3.8) is 0 Å². The van der Waals surface area contributed by atoms with E-state index in [0.717, 1.165) is 5.56 Å². The molecule has 0 atom stereocenters. The minimum Gasteiger partial charge on any atom is -0.281 e. The lowest BCUT2D eigenvalue weighted by Gasteiger charge is -1.92. The molecule has 0 amide bonds. The second-order valence-corrected chi connectivity index (χ2v) is 2.86. The predicted octanol–water partition coefficient (Wildman–Crippen LogP) is 2.53. The van der Waals surface area contributed by atoms with Crippen LogP contribution >= 0.6 is 15.9 Å². The Morgan fingerprint density at radius 3 is 2.20 bits per heavy atom. The first-order valence-corrected chi connectivity index (χ1v) is 3.76. The topological polar surface area (TPSA) is 17.1 Å². The molecule has 0 N–H and O–H groups in total. The summed E-state index contributed by atoms with van der Waals surface area (Å²) in [4.78, 5) is 10.7. The fourth-order valence-electron chi connectivity index (χ4n) is 0.685. The normalized spacial score (nSPS) is 9.40. The molecule has 10 heavy (non-hydrogen) atoms. The van der Waals surface area contributed by atoms with Crippen molar-refractivity contribution in [1.82, 2.24) is 0 Å². The van der Waals surface area contributed by atoms with Crippen LogP contribution in [0.1, 0.15) is 15.9 Å². The smallest absolute Gasteiger partial charge is 0.228 e. The number of halogens is 1. The van der Waals surface area contributed by atoms with Gasteiger partial charge in [-0.15, -0.1) is 0 Å². The summed E-state index contributed by atoms with van der Waals surface area (Å²) in [7, 11) is 0. The summed E-state index contributed by atoms with van der Waals surface area (Å²) in [5.41, 5.74) is 1.86. The minimum absolute atomic E-state index is 0.0625. The summed E-state index contributed by atoms with van der Waals surface area (Å²) in [5.74, 6) is 0. The maximum Gasteiger partial charge on any atom is 0.228 e. The molecule has 0 saturated heterocycles. The van der Waals surface area contributed by atoms with Crippen molar-refractivity contribution in [3.8, 4) is 0 Å². The highest BCUT2D eigenvalue weighted by Gasteiger charge is 1.97. The zero-order valence-electron chi connectivity index (χ0n) is 5.60. The van der Waals surface area contributed by atoms with Gasteiger partial charge in [-0.3, -0.25) is 4.79 Å². The molecule has 1 aromatic rings. The molecule has 0 unspecified atom stereocenters. The van der Waals surface area contributed by atoms with Gasteiger partial charge in [0.2, 0.25) is 4.69 Å². The lowest BCUT2D eigenvalue weighted by Crippen LogP contribution is -1.85. The fraction of sp³-hybridized carbons (Fsp3) is 0.125. The van der Waals surface area contributed by atoms with Crippen LogP contribution < -0.4 is 0 Å². The molecule has 0 saturated carbocycles. The predicted molar refractivity (Wildman–Crippen MR) is 44.4 cm³/mol. The standard InChI is InChI=1S/C8H7BrO/c1-6-2-4-7(5-3-6)8(9)10/h2-5H,1H3. The van der Waals surface area contributed by atoms with Gasteiger partial charge in [-0.1, -0.05) is 29.8 Å². The Morgan fingerprint density at radius 1 is 1.30 bits per heavy atom. The number of carbonyl (C=O) groups excluding carboxylic acids is 1. The second kappa shape index (κ2) is 2.97. The first kappa shape index (κ1) is 7.48. The number of hydrogen-bond donors (Lipinski definition) is 0. The van der Waals surface area contributed by atoms with E-state index < -0.39 is 0 Å². The van der Waals surface area contributed by atoms with Crippen molar-refractivity contribution in [3.05, 3.63) is 35.4 Å². The summed E-state index contributed by atoms with van der Waals surface area (Å²) in [6, 6.07) is 7.42. The summed E-state index contributed by atoms with van der Waals surface area (Å²) in [5, 5.41) is 0. The molecule has 1 nitrogen and oxygen atoms in total. The van der Waals surface area contributed by atoms with E-state index in [1.807, 2.05) is 19.1 Å². The Bertz CT molecular complexity index is 238. The van der Waals surface area contributed by atoms with Crippen molar-refractivity contribution in [1.29, 1.82) is 0 Å². The number of hydrogen-bond acceptors (Lipinski definition) is 1.